The average Bonchev–Trinajstić information content (AvgIpc) is 2.36. The minimum atomic E-state index is -0.953. The summed E-state index contributed by atoms with van der Waals surface area (Å²) in [5, 5.41) is 15.3. The lowest BCUT2D eigenvalue weighted by molar-refractivity contribution is -0.118. The van der Waals surface area contributed by atoms with Crippen LogP contribution in [0.25, 0.3) is 0 Å². The lowest BCUT2D eigenvalue weighted by Crippen LogP contribution is -2.47. The van der Waals surface area contributed by atoms with Crippen molar-refractivity contribution in [3.63, 3.8) is 0 Å². The highest BCUT2D eigenvalue weighted by atomic mass is 16.2. The van der Waals surface area contributed by atoms with Gasteiger partial charge in [-0.3, -0.25) is 10.2 Å². The van der Waals surface area contributed by atoms with Crippen LogP contribution in [0.15, 0.2) is 5.11 Å². The van der Waals surface area contributed by atoms with E-state index in [9.17, 15) is 9.59 Å². The summed E-state index contributed by atoms with van der Waals surface area (Å²) < 4.78 is 0. The number of nitrogens with one attached hydrogen (secondary N) is 4. The molecule has 0 rings (SSSR count). The van der Waals surface area contributed by atoms with Gasteiger partial charge in [-0.15, -0.1) is 5.11 Å². The van der Waals surface area contributed by atoms with Crippen molar-refractivity contribution in [2.24, 2.45) is 10.8 Å². The molecule has 19 heavy (non-hydrogen) atoms. The number of unbranched alkanes of at least 4 members (excludes halogenated alkanes) is 3. The minimum absolute atomic E-state index is 0.246. The fourth-order valence-electron chi connectivity index (χ4n) is 1.46. The highest BCUT2D eigenvalue weighted by Crippen LogP contribution is 1.98. The van der Waals surface area contributed by atoms with Gasteiger partial charge in [0.25, 0.3) is 0 Å². The molecule has 0 spiro atoms. The molecule has 0 unspecified atom stereocenters. The van der Waals surface area contributed by atoms with E-state index < -0.39 is 23.8 Å². The maximum atomic E-state index is 11.5. The van der Waals surface area contributed by atoms with Gasteiger partial charge in [0.1, 0.15) is 6.04 Å². The third-order valence-electron chi connectivity index (χ3n) is 2.48. The Morgan fingerprint density at radius 1 is 1.32 bits per heavy atom. The maximum absolute atomic E-state index is 11.5. The fourth-order valence-corrected chi connectivity index (χ4v) is 1.46. The molecule has 0 bridgehead atoms. The van der Waals surface area contributed by atoms with Crippen molar-refractivity contribution in [2.45, 2.75) is 45.1 Å². The second-order valence-electron chi connectivity index (χ2n) is 4.18. The highest BCUT2D eigenvalue weighted by molar-refractivity contribution is 5.92. The van der Waals surface area contributed by atoms with E-state index in [2.05, 4.69) is 22.7 Å². The van der Waals surface area contributed by atoms with Crippen LogP contribution in [0.5, 0.6) is 0 Å². The largest absolute Gasteiger partial charge is 0.370 e. The first-order chi connectivity index (χ1) is 9.01. The number of amides is 3. The smallest absolute Gasteiger partial charge is 0.315 e. The quantitative estimate of drug-likeness (QED) is 0.185. The molecule has 0 aliphatic heterocycles. The van der Waals surface area contributed by atoms with Crippen LogP contribution in [-0.2, 0) is 4.79 Å². The summed E-state index contributed by atoms with van der Waals surface area (Å²) >= 11 is 0. The Balaban J connectivity index is 4.05. The number of hydrogen-bond acceptors (Lipinski definition) is 4. The first kappa shape index (κ1) is 17.0. The van der Waals surface area contributed by atoms with Crippen LogP contribution in [0.3, 0.4) is 0 Å². The van der Waals surface area contributed by atoms with Crippen LogP contribution in [-0.4, -0.2) is 30.4 Å². The highest BCUT2D eigenvalue weighted by Gasteiger charge is 2.19. The minimum Gasteiger partial charge on any atom is -0.370 e. The van der Waals surface area contributed by atoms with Crippen molar-refractivity contribution in [1.29, 1.82) is 10.9 Å². The summed E-state index contributed by atoms with van der Waals surface area (Å²) in [6.07, 6.45) is 3.91. The van der Waals surface area contributed by atoms with Crippen molar-refractivity contribution in [2.75, 3.05) is 6.54 Å². The van der Waals surface area contributed by atoms with Gasteiger partial charge in [0.15, 0.2) is 5.84 Å². The zero-order chi connectivity index (χ0) is 14.7. The average molecular weight is 270 g/mol. The SMILES string of the molecule is CCCCCCNC(=O)N[C@H](CC(N)=O)C(=N)N=N. The van der Waals surface area contributed by atoms with Crippen molar-refractivity contribution < 1.29 is 9.59 Å². The molecule has 3 amide bonds. The van der Waals surface area contributed by atoms with Gasteiger partial charge in [0.2, 0.25) is 5.91 Å². The van der Waals surface area contributed by atoms with Crippen LogP contribution >= 0.6 is 0 Å². The lowest BCUT2D eigenvalue weighted by atomic mass is 10.2. The summed E-state index contributed by atoms with van der Waals surface area (Å²) in [6.45, 7) is 2.63. The number of urea groups is 1. The van der Waals surface area contributed by atoms with E-state index in [4.69, 9.17) is 16.7 Å². The molecule has 8 nitrogen and oxygen atoms in total. The zero-order valence-electron chi connectivity index (χ0n) is 11.2. The van der Waals surface area contributed by atoms with Gasteiger partial charge >= 0.3 is 6.03 Å². The van der Waals surface area contributed by atoms with Gasteiger partial charge in [-0.1, -0.05) is 26.2 Å². The summed E-state index contributed by atoms with van der Waals surface area (Å²) in [5.41, 5.74) is 11.7. The lowest BCUT2D eigenvalue weighted by Gasteiger charge is -2.15. The molecule has 0 fully saturated rings. The number of amidine groups is 1. The van der Waals surface area contributed by atoms with E-state index in [1.54, 1.807) is 0 Å². The van der Waals surface area contributed by atoms with Crippen molar-refractivity contribution in [3.8, 4) is 0 Å². The second-order valence-corrected chi connectivity index (χ2v) is 4.18. The Hall–Kier alpha value is -1.99. The van der Waals surface area contributed by atoms with Crippen molar-refractivity contribution >= 4 is 17.8 Å². The Morgan fingerprint density at radius 3 is 2.53 bits per heavy atom. The molecule has 0 heterocycles. The first-order valence-electron chi connectivity index (χ1n) is 6.29. The molecular weight excluding hydrogens is 248 g/mol. The summed E-state index contributed by atoms with van der Waals surface area (Å²) in [6, 6.07) is -1.44. The molecule has 0 aromatic rings. The predicted octanol–water partition coefficient (Wildman–Crippen LogP) is 1.12. The Kier molecular flexibility index (Phi) is 8.94. The summed E-state index contributed by atoms with van der Waals surface area (Å²) in [5.74, 6) is -1.07. The van der Waals surface area contributed by atoms with Crippen molar-refractivity contribution in [3.05, 3.63) is 0 Å². The molecule has 0 aromatic carbocycles. The second kappa shape index (κ2) is 9.98. The number of nitrogens with zero attached hydrogens (tertiary/aromatic N) is 1. The number of carbonyl (C=O) groups excluding carboxylic acids is 2. The van der Waals surface area contributed by atoms with Gasteiger partial charge < -0.3 is 16.4 Å². The molecule has 1 atom stereocenters. The maximum Gasteiger partial charge on any atom is 0.315 e. The van der Waals surface area contributed by atoms with E-state index >= 15 is 0 Å². The fraction of sp³-hybridized carbons (Fsp3) is 0.727. The Labute approximate surface area is 112 Å². The first-order valence-corrected chi connectivity index (χ1v) is 6.29. The van der Waals surface area contributed by atoms with E-state index in [0.717, 1.165) is 25.7 Å². The van der Waals surface area contributed by atoms with Gasteiger partial charge in [0.05, 0.1) is 6.42 Å². The van der Waals surface area contributed by atoms with Gasteiger partial charge in [-0.25, -0.2) is 10.3 Å². The third kappa shape index (κ3) is 8.70. The number of carbonyl (C=O) groups is 2. The predicted molar refractivity (Wildman–Crippen MR) is 71.2 cm³/mol. The molecule has 0 aliphatic rings. The van der Waals surface area contributed by atoms with Gasteiger partial charge in [-0.05, 0) is 6.42 Å². The normalized spacial score (nSPS) is 11.4. The monoisotopic (exact) mass is 270 g/mol. The standard InChI is InChI=1S/C11H22N6O2/c1-2-3-4-5-6-15-11(19)16-8(7-9(12)18)10(13)17-14/h8,13-14H,2-7H2,1H3,(H2,12,18)(H2,15,16,19)/t8-/m1/s1. The van der Waals surface area contributed by atoms with Crippen LogP contribution < -0.4 is 16.4 Å². The Morgan fingerprint density at radius 2 is 2.00 bits per heavy atom. The molecule has 0 aliphatic carbocycles. The van der Waals surface area contributed by atoms with E-state index in [0.29, 0.717) is 6.54 Å². The molecular formula is C11H22N6O2. The van der Waals surface area contributed by atoms with E-state index in [-0.39, 0.29) is 6.42 Å². The Bertz CT molecular complexity index is 331. The van der Waals surface area contributed by atoms with Gasteiger partial charge in [0, 0.05) is 6.54 Å². The van der Waals surface area contributed by atoms with Crippen LogP contribution in [0.4, 0.5) is 4.79 Å². The van der Waals surface area contributed by atoms with E-state index in [1.165, 1.54) is 0 Å². The molecule has 8 heteroatoms. The summed E-state index contributed by atoms with van der Waals surface area (Å²) in [4.78, 5) is 22.3. The number of primary amides is 1. The molecule has 108 valence electrons. The topological polar surface area (TPSA) is 144 Å². The summed E-state index contributed by atoms with van der Waals surface area (Å²) in [7, 11) is 0. The van der Waals surface area contributed by atoms with Gasteiger partial charge in [-0.2, -0.15) is 0 Å². The molecule has 0 aromatic heterocycles. The number of hydrogen-bond donors (Lipinski definition) is 5. The number of nitrogens with two attached hydrogens (primary N) is 1. The van der Waals surface area contributed by atoms with Crippen LogP contribution in [0.2, 0.25) is 0 Å². The number of rotatable bonds is 9. The zero-order valence-corrected chi connectivity index (χ0v) is 11.2. The molecule has 6 N–H and O–H groups in total. The third-order valence-corrected chi connectivity index (χ3v) is 2.48. The van der Waals surface area contributed by atoms with Crippen molar-refractivity contribution in [1.82, 2.24) is 10.6 Å². The molecule has 0 saturated heterocycles. The molecule has 0 radical (unpaired) electrons. The van der Waals surface area contributed by atoms with Crippen LogP contribution in [0.1, 0.15) is 39.0 Å². The van der Waals surface area contributed by atoms with E-state index in [1.807, 2.05) is 0 Å². The molecule has 0 saturated carbocycles. The van der Waals surface area contributed by atoms with Crippen LogP contribution in [0, 0.1) is 10.9 Å².